The van der Waals surface area contributed by atoms with E-state index >= 15 is 0 Å². The van der Waals surface area contributed by atoms with E-state index in [0.29, 0.717) is 25.8 Å². The maximum atomic E-state index is 14.0. The molecule has 3 N–H and O–H groups in total. The molecule has 0 unspecified atom stereocenters. The van der Waals surface area contributed by atoms with Crippen molar-refractivity contribution in [2.75, 3.05) is 19.7 Å². The van der Waals surface area contributed by atoms with E-state index in [9.17, 15) is 20.1 Å². The second kappa shape index (κ2) is 11.6. The SMILES string of the molecule is CC1=CCC[C@@]2(C)[C@@H](CC[C@@]2(O)CN2CCC[C@H]2CO)c2ccc(cc2C(=O)c2ccc(C)s2)C[C@@H](O)CC1. The summed E-state index contributed by atoms with van der Waals surface area (Å²) < 4.78 is 0. The van der Waals surface area contributed by atoms with E-state index in [4.69, 9.17) is 0 Å². The zero-order valence-electron chi connectivity index (χ0n) is 23.8. The number of carbonyl (C=O) groups excluding carboxylic acids is 1. The molecule has 1 saturated carbocycles. The molecular formula is C33H45NO4S. The number of nitrogens with zero attached hydrogens (tertiary/aromatic N) is 1. The Hall–Kier alpha value is -1.83. The molecule has 2 bridgehead atoms. The third-order valence-electron chi connectivity index (χ3n) is 10.1. The highest BCUT2D eigenvalue weighted by molar-refractivity contribution is 7.14. The highest BCUT2D eigenvalue weighted by Gasteiger charge is 2.57. The summed E-state index contributed by atoms with van der Waals surface area (Å²) in [7, 11) is 0. The lowest BCUT2D eigenvalue weighted by Gasteiger charge is -2.46. The van der Waals surface area contributed by atoms with Crippen LogP contribution in [-0.2, 0) is 6.42 Å². The predicted octanol–water partition coefficient (Wildman–Crippen LogP) is 5.78. The van der Waals surface area contributed by atoms with Crippen molar-refractivity contribution in [2.45, 2.75) is 102 Å². The third-order valence-corrected chi connectivity index (χ3v) is 11.1. The molecule has 1 aromatic heterocycles. The van der Waals surface area contributed by atoms with Crippen LogP contribution in [0.15, 0.2) is 42.0 Å². The van der Waals surface area contributed by atoms with E-state index < -0.39 is 17.1 Å². The molecule has 0 amide bonds. The fourth-order valence-corrected chi connectivity index (χ4v) is 8.35. The van der Waals surface area contributed by atoms with Crippen LogP contribution in [-0.4, -0.2) is 63.4 Å². The molecule has 3 aliphatic carbocycles. The summed E-state index contributed by atoms with van der Waals surface area (Å²) in [5.41, 5.74) is 2.67. The predicted molar refractivity (Wildman–Crippen MR) is 158 cm³/mol. The van der Waals surface area contributed by atoms with Gasteiger partial charge in [0.2, 0.25) is 5.78 Å². The molecular weight excluding hydrogens is 506 g/mol. The van der Waals surface area contributed by atoms with Gasteiger partial charge in [0.1, 0.15) is 0 Å². The first kappa shape index (κ1) is 28.7. The second-order valence-corrected chi connectivity index (χ2v) is 13.9. The topological polar surface area (TPSA) is 81.0 Å². The highest BCUT2D eigenvalue weighted by Crippen LogP contribution is 2.59. The number of hydrogen-bond donors (Lipinski definition) is 3. The highest BCUT2D eigenvalue weighted by atomic mass is 32.1. The van der Waals surface area contributed by atoms with Crippen LogP contribution in [0.3, 0.4) is 0 Å². The lowest BCUT2D eigenvalue weighted by Crippen LogP contribution is -2.53. The van der Waals surface area contributed by atoms with E-state index in [0.717, 1.165) is 71.5 Å². The molecule has 2 heterocycles. The van der Waals surface area contributed by atoms with Crippen LogP contribution in [0.4, 0.5) is 0 Å². The van der Waals surface area contributed by atoms with Gasteiger partial charge >= 0.3 is 0 Å². The number of rotatable bonds is 5. The Morgan fingerprint density at radius 3 is 2.69 bits per heavy atom. The fraction of sp³-hybridized carbons (Fsp3) is 0.606. The first-order chi connectivity index (χ1) is 18.6. The van der Waals surface area contributed by atoms with Crippen molar-refractivity contribution < 1.29 is 20.1 Å². The number of thiophene rings is 1. The minimum Gasteiger partial charge on any atom is -0.395 e. The smallest absolute Gasteiger partial charge is 0.203 e. The molecule has 1 saturated heterocycles. The average molecular weight is 552 g/mol. The largest absolute Gasteiger partial charge is 0.395 e. The van der Waals surface area contributed by atoms with Crippen molar-refractivity contribution in [1.29, 1.82) is 0 Å². The van der Waals surface area contributed by atoms with Crippen molar-refractivity contribution in [3.63, 3.8) is 0 Å². The fourth-order valence-electron chi connectivity index (χ4n) is 7.53. The van der Waals surface area contributed by atoms with Crippen LogP contribution in [0.5, 0.6) is 0 Å². The van der Waals surface area contributed by atoms with Crippen molar-refractivity contribution in [3.8, 4) is 0 Å². The van der Waals surface area contributed by atoms with E-state index in [1.165, 1.54) is 16.9 Å². The molecule has 5 atom stereocenters. The summed E-state index contributed by atoms with van der Waals surface area (Å²) in [5, 5.41) is 33.2. The maximum absolute atomic E-state index is 14.0. The summed E-state index contributed by atoms with van der Waals surface area (Å²) in [4.78, 5) is 18.1. The van der Waals surface area contributed by atoms with Gasteiger partial charge in [0, 0.05) is 28.4 Å². The third kappa shape index (κ3) is 5.69. The van der Waals surface area contributed by atoms with Crippen molar-refractivity contribution in [1.82, 2.24) is 4.90 Å². The molecule has 6 heteroatoms. The Kier molecular flexibility index (Phi) is 8.52. The Labute approximate surface area is 237 Å². The van der Waals surface area contributed by atoms with Gasteiger partial charge < -0.3 is 15.3 Å². The normalized spacial score (nSPS) is 32.2. The van der Waals surface area contributed by atoms with E-state index in [-0.39, 0.29) is 24.3 Å². The summed E-state index contributed by atoms with van der Waals surface area (Å²) >= 11 is 1.53. The van der Waals surface area contributed by atoms with Gasteiger partial charge in [-0.25, -0.2) is 0 Å². The molecule has 39 heavy (non-hydrogen) atoms. The number of likely N-dealkylation sites (tertiary alicyclic amines) is 1. The van der Waals surface area contributed by atoms with Crippen LogP contribution in [0.25, 0.3) is 0 Å². The number of benzene rings is 1. The van der Waals surface area contributed by atoms with Crippen molar-refractivity contribution in [2.24, 2.45) is 5.41 Å². The molecule has 0 spiro atoms. The van der Waals surface area contributed by atoms with Crippen LogP contribution in [0, 0.1) is 12.3 Å². The number of fused-ring (bicyclic) bond motifs is 8. The number of hydrogen-bond acceptors (Lipinski definition) is 6. The van der Waals surface area contributed by atoms with E-state index in [2.05, 4.69) is 37.0 Å². The lowest BCUT2D eigenvalue weighted by atomic mass is 9.64. The van der Waals surface area contributed by atoms with E-state index in [1.807, 2.05) is 25.1 Å². The van der Waals surface area contributed by atoms with Gasteiger partial charge in [-0.15, -0.1) is 11.3 Å². The number of ketones is 1. The Morgan fingerprint density at radius 2 is 1.95 bits per heavy atom. The maximum Gasteiger partial charge on any atom is 0.203 e. The number of aliphatic hydroxyl groups excluding tert-OH is 2. The molecule has 1 aliphatic heterocycles. The minimum atomic E-state index is -0.914. The number of carbonyl (C=O) groups is 1. The number of β-amino-alcohol motifs (C(OH)–C–C–N with tert-alkyl or cyclic N) is 1. The zero-order chi connectivity index (χ0) is 27.8. The Morgan fingerprint density at radius 1 is 1.13 bits per heavy atom. The molecule has 4 aliphatic rings. The number of aliphatic hydroxyl groups is 3. The number of allylic oxidation sites excluding steroid dienone is 2. The average Bonchev–Trinajstić information content (AvgIpc) is 3.61. The van der Waals surface area contributed by atoms with E-state index in [1.54, 1.807) is 0 Å². The molecule has 1 aromatic carbocycles. The molecule has 5 nitrogen and oxygen atoms in total. The monoisotopic (exact) mass is 551 g/mol. The first-order valence-electron chi connectivity index (χ1n) is 14.8. The summed E-state index contributed by atoms with van der Waals surface area (Å²) in [5.74, 6) is 0.0771. The van der Waals surface area contributed by atoms with Crippen LogP contribution >= 0.6 is 11.3 Å². The molecule has 212 valence electrons. The van der Waals surface area contributed by atoms with Crippen molar-refractivity contribution in [3.05, 3.63) is 68.4 Å². The standard InChI is InChI=1S/C33H45NO4S/c1-22-6-4-15-32(3)29(14-16-33(32,38)21-34-17-5-7-25(34)20-35)27-12-10-24(18-26(36)11-8-22)19-28(27)31(37)30-13-9-23(2)39-30/h6,9-10,12-13,19,25-26,29,35-36,38H,4-5,7-8,11,14-18,20-21H2,1-3H3/t25-,26-,29-,32-,33+/m0/s1. The van der Waals surface area contributed by atoms with Crippen LogP contribution in [0.2, 0.25) is 0 Å². The van der Waals surface area contributed by atoms with Gasteiger partial charge in [-0.3, -0.25) is 9.69 Å². The Balaban J connectivity index is 1.59. The summed E-state index contributed by atoms with van der Waals surface area (Å²) in [6, 6.07) is 10.3. The quantitative estimate of drug-likeness (QED) is 0.324. The van der Waals surface area contributed by atoms with Gasteiger partial charge in [0.15, 0.2) is 0 Å². The van der Waals surface area contributed by atoms with Crippen LogP contribution in [0.1, 0.15) is 102 Å². The summed E-state index contributed by atoms with van der Waals surface area (Å²) in [6.45, 7) is 8.00. The zero-order valence-corrected chi connectivity index (χ0v) is 24.6. The number of aryl methyl sites for hydroxylation is 1. The molecule has 2 fully saturated rings. The van der Waals surface area contributed by atoms with Gasteiger partial charge in [-0.05, 0) is 113 Å². The second-order valence-electron chi connectivity index (χ2n) is 12.6. The minimum absolute atomic E-state index is 0.0355. The van der Waals surface area contributed by atoms with Gasteiger partial charge in [0.05, 0.1) is 23.2 Å². The van der Waals surface area contributed by atoms with Gasteiger partial charge in [0.25, 0.3) is 0 Å². The Bertz CT molecular complexity index is 1220. The lowest BCUT2D eigenvalue weighted by molar-refractivity contribution is -0.0875. The molecule has 2 aromatic rings. The van der Waals surface area contributed by atoms with Crippen LogP contribution < -0.4 is 0 Å². The first-order valence-corrected chi connectivity index (χ1v) is 15.6. The van der Waals surface area contributed by atoms with Gasteiger partial charge in [-0.1, -0.05) is 30.7 Å². The van der Waals surface area contributed by atoms with Crippen molar-refractivity contribution >= 4 is 17.1 Å². The van der Waals surface area contributed by atoms with Gasteiger partial charge in [-0.2, -0.15) is 0 Å². The molecule has 6 rings (SSSR count). The molecule has 0 radical (unpaired) electrons. The summed E-state index contributed by atoms with van der Waals surface area (Å²) in [6.07, 6.45) is 9.10.